The van der Waals surface area contributed by atoms with Gasteiger partial charge in [0.05, 0.1) is 13.2 Å². The van der Waals surface area contributed by atoms with Gasteiger partial charge in [0.25, 0.3) is 0 Å². The minimum atomic E-state index is -0.433. The van der Waals surface area contributed by atoms with E-state index in [1.165, 1.54) is 0 Å². The summed E-state index contributed by atoms with van der Waals surface area (Å²) in [5, 5.41) is 0. The number of hydrogen-bond donors (Lipinski definition) is 0. The summed E-state index contributed by atoms with van der Waals surface area (Å²) in [5.41, 5.74) is 5.16. The first-order valence-corrected chi connectivity index (χ1v) is 15.7. The van der Waals surface area contributed by atoms with E-state index in [1.54, 1.807) is 7.11 Å². The number of nitrogens with zero attached hydrogens (tertiary/aromatic N) is 1. The highest BCUT2D eigenvalue weighted by atomic mass is 79.9. The Morgan fingerprint density at radius 3 is 2.05 bits per heavy atom. The van der Waals surface area contributed by atoms with E-state index in [1.807, 2.05) is 49.4 Å². The summed E-state index contributed by atoms with van der Waals surface area (Å²) in [6.45, 7) is 12.5. The van der Waals surface area contributed by atoms with Crippen LogP contribution in [-0.2, 0) is 20.9 Å². The Morgan fingerprint density at radius 2 is 1.48 bits per heavy atom. The molecule has 1 aliphatic heterocycles. The highest BCUT2D eigenvalue weighted by Gasteiger charge is 2.49. The second kappa shape index (κ2) is 12.0. The van der Waals surface area contributed by atoms with E-state index < -0.39 is 5.92 Å². The van der Waals surface area contributed by atoms with Gasteiger partial charge in [0.1, 0.15) is 6.61 Å². The molecule has 3 aliphatic rings. The molecule has 0 atom stereocenters. The molecule has 7 heteroatoms. The number of carbonyl (C=O) groups is 2. The van der Waals surface area contributed by atoms with Crippen LogP contribution in [0.3, 0.4) is 0 Å². The summed E-state index contributed by atoms with van der Waals surface area (Å²) >= 11 is 3.60. The Balaban J connectivity index is 1.63. The average molecular weight is 637 g/mol. The minimum Gasteiger partial charge on any atom is -0.490 e. The maximum absolute atomic E-state index is 14.0. The van der Waals surface area contributed by atoms with E-state index in [4.69, 9.17) is 14.2 Å². The molecule has 0 amide bonds. The summed E-state index contributed by atoms with van der Waals surface area (Å²) in [6, 6.07) is 13.9. The molecule has 0 saturated heterocycles. The summed E-state index contributed by atoms with van der Waals surface area (Å²) < 4.78 is 18.8. The lowest BCUT2D eigenvalue weighted by molar-refractivity contribution is -0.119. The highest BCUT2D eigenvalue weighted by Crippen LogP contribution is 2.54. The number of halogens is 1. The summed E-state index contributed by atoms with van der Waals surface area (Å²) in [5.74, 6) is 1.04. The van der Waals surface area contributed by atoms with Gasteiger partial charge in [-0.1, -0.05) is 67.9 Å². The zero-order chi connectivity index (χ0) is 30.2. The van der Waals surface area contributed by atoms with Gasteiger partial charge in [-0.3, -0.25) is 9.59 Å². The molecule has 0 N–H and O–H groups in total. The zero-order valence-corrected chi connectivity index (χ0v) is 27.2. The zero-order valence-electron chi connectivity index (χ0n) is 25.6. The lowest BCUT2D eigenvalue weighted by atomic mass is 9.63. The fraction of sp³-hybridized carbons (Fsp3) is 0.486. The predicted molar refractivity (Wildman–Crippen MR) is 168 cm³/mol. The van der Waals surface area contributed by atoms with Crippen LogP contribution in [-0.4, -0.2) is 43.3 Å². The number of benzene rings is 2. The van der Waals surface area contributed by atoms with E-state index in [9.17, 15) is 9.59 Å². The number of ketones is 2. The monoisotopic (exact) mass is 635 g/mol. The van der Waals surface area contributed by atoms with Gasteiger partial charge in [-0.25, -0.2) is 0 Å². The third-order valence-electron chi connectivity index (χ3n) is 8.48. The van der Waals surface area contributed by atoms with Crippen LogP contribution in [0.1, 0.15) is 77.3 Å². The summed E-state index contributed by atoms with van der Waals surface area (Å²) in [7, 11) is 1.69. The van der Waals surface area contributed by atoms with E-state index >= 15 is 0 Å². The van der Waals surface area contributed by atoms with Crippen molar-refractivity contribution >= 4 is 27.5 Å². The highest BCUT2D eigenvalue weighted by molar-refractivity contribution is 9.10. The molecule has 0 radical (unpaired) electrons. The van der Waals surface area contributed by atoms with Gasteiger partial charge in [0.15, 0.2) is 23.1 Å². The number of methoxy groups -OCH3 is 1. The number of rotatable bonds is 9. The van der Waals surface area contributed by atoms with Crippen LogP contribution in [0.2, 0.25) is 0 Å². The van der Waals surface area contributed by atoms with Crippen molar-refractivity contribution in [2.24, 2.45) is 10.8 Å². The van der Waals surface area contributed by atoms with Crippen molar-refractivity contribution in [1.29, 1.82) is 0 Å². The topological polar surface area (TPSA) is 65.1 Å². The van der Waals surface area contributed by atoms with Gasteiger partial charge in [0.2, 0.25) is 0 Å². The Morgan fingerprint density at radius 1 is 0.857 bits per heavy atom. The molecule has 0 unspecified atom stereocenters. The van der Waals surface area contributed by atoms with Crippen LogP contribution in [0.5, 0.6) is 11.5 Å². The van der Waals surface area contributed by atoms with Crippen LogP contribution in [0.4, 0.5) is 0 Å². The maximum atomic E-state index is 14.0. The van der Waals surface area contributed by atoms with E-state index in [0.29, 0.717) is 50.7 Å². The Bertz CT molecular complexity index is 1400. The number of Topliss-reactive ketones (excluding diaryl/α,β-unsaturated/α-hetero) is 2. The fourth-order valence-electron chi connectivity index (χ4n) is 6.70. The molecule has 2 aliphatic carbocycles. The van der Waals surface area contributed by atoms with Crippen molar-refractivity contribution in [1.82, 2.24) is 4.90 Å². The molecule has 2 aromatic carbocycles. The fourth-order valence-corrected chi connectivity index (χ4v) is 7.10. The molecule has 0 aromatic heterocycles. The van der Waals surface area contributed by atoms with Gasteiger partial charge in [-0.2, -0.15) is 0 Å². The minimum absolute atomic E-state index is 0.116. The number of ether oxygens (including phenoxy) is 3. The first kappa shape index (κ1) is 30.6. The Labute approximate surface area is 258 Å². The van der Waals surface area contributed by atoms with Gasteiger partial charge in [-0.05, 0) is 54.4 Å². The Hall–Kier alpha value is -2.90. The van der Waals surface area contributed by atoms with E-state index in [-0.39, 0.29) is 22.4 Å². The molecular formula is C35H42BrNO5. The molecule has 6 nitrogen and oxygen atoms in total. The molecule has 224 valence electrons. The molecule has 0 saturated carbocycles. The van der Waals surface area contributed by atoms with Crippen molar-refractivity contribution in [3.05, 3.63) is 80.6 Å². The average Bonchev–Trinajstić information content (AvgIpc) is 2.90. The lowest BCUT2D eigenvalue weighted by Crippen LogP contribution is -2.45. The molecule has 42 heavy (non-hydrogen) atoms. The lowest BCUT2D eigenvalue weighted by Gasteiger charge is -2.49. The van der Waals surface area contributed by atoms with Gasteiger partial charge >= 0.3 is 0 Å². The second-order valence-electron chi connectivity index (χ2n) is 13.2. The third kappa shape index (κ3) is 6.09. The van der Waals surface area contributed by atoms with Crippen LogP contribution in [0.25, 0.3) is 0 Å². The standard InChI is InChI=1S/C35H42BrNO5/c1-7-41-30-16-22(12-13-29(30)42-21-23-10-8-9-11-24(23)36)31-32-25(17-34(2,3)19-27(32)38)37(14-15-40-6)26-18-35(4,5)20-28(39)33(26)31/h8-13,16,31H,7,14-15,17-21H2,1-6H3. The van der Waals surface area contributed by atoms with Crippen LogP contribution < -0.4 is 9.47 Å². The van der Waals surface area contributed by atoms with Crippen molar-refractivity contribution in [2.45, 2.75) is 72.8 Å². The van der Waals surface area contributed by atoms with Gasteiger partial charge in [0, 0.05) is 65.0 Å². The largest absolute Gasteiger partial charge is 0.490 e. The SMILES string of the molecule is CCOc1cc(C2C3=C(CC(C)(C)CC3=O)N(CCOC)C3=C2C(=O)CC(C)(C)C3)ccc1OCc1ccccc1Br. The van der Waals surface area contributed by atoms with Crippen LogP contribution in [0.15, 0.2) is 69.5 Å². The van der Waals surface area contributed by atoms with Crippen molar-refractivity contribution in [3.63, 3.8) is 0 Å². The number of carbonyl (C=O) groups excluding carboxylic acids is 2. The molecule has 0 fully saturated rings. The first-order valence-electron chi connectivity index (χ1n) is 14.9. The number of hydrogen-bond acceptors (Lipinski definition) is 6. The molecule has 0 bridgehead atoms. The first-order chi connectivity index (χ1) is 19.9. The van der Waals surface area contributed by atoms with Crippen molar-refractivity contribution in [3.8, 4) is 11.5 Å². The third-order valence-corrected chi connectivity index (χ3v) is 9.26. The van der Waals surface area contributed by atoms with Gasteiger partial charge in [-0.15, -0.1) is 0 Å². The maximum Gasteiger partial charge on any atom is 0.162 e. The molecule has 5 rings (SSSR count). The molecular weight excluding hydrogens is 594 g/mol. The smallest absolute Gasteiger partial charge is 0.162 e. The molecule has 1 heterocycles. The van der Waals surface area contributed by atoms with E-state index in [0.717, 1.165) is 51.0 Å². The number of allylic oxidation sites excluding steroid dienone is 4. The van der Waals surface area contributed by atoms with E-state index in [2.05, 4.69) is 48.5 Å². The van der Waals surface area contributed by atoms with Crippen molar-refractivity contribution < 1.29 is 23.8 Å². The second-order valence-corrected chi connectivity index (χ2v) is 14.1. The van der Waals surface area contributed by atoms with Crippen molar-refractivity contribution in [2.75, 3.05) is 26.9 Å². The quantitative estimate of drug-likeness (QED) is 0.281. The molecule has 2 aromatic rings. The predicted octanol–water partition coefficient (Wildman–Crippen LogP) is 7.76. The summed E-state index contributed by atoms with van der Waals surface area (Å²) in [4.78, 5) is 30.3. The van der Waals surface area contributed by atoms with Crippen LogP contribution in [0, 0.1) is 10.8 Å². The Kier molecular flexibility index (Phi) is 8.73. The summed E-state index contributed by atoms with van der Waals surface area (Å²) in [6.07, 6.45) is 2.44. The van der Waals surface area contributed by atoms with Gasteiger partial charge < -0.3 is 19.1 Å². The molecule has 0 spiro atoms. The van der Waals surface area contributed by atoms with Crippen LogP contribution >= 0.6 is 15.9 Å². The normalized spacial score (nSPS) is 20.0.